The predicted molar refractivity (Wildman–Crippen MR) is 122 cm³/mol. The zero-order chi connectivity index (χ0) is 28.3. The molecule has 0 fully saturated rings. The summed E-state index contributed by atoms with van der Waals surface area (Å²) in [7, 11) is 0. The molecule has 13 heteroatoms. The molecule has 1 aromatic carbocycles. The van der Waals surface area contributed by atoms with E-state index in [4.69, 9.17) is 31.0 Å². The van der Waals surface area contributed by atoms with Crippen molar-refractivity contribution in [1.82, 2.24) is 10.3 Å². The molecule has 2 rings (SSSR count). The lowest BCUT2D eigenvalue weighted by atomic mass is 10.1. The number of carboxylic acids is 2. The Morgan fingerprint density at radius 2 is 1.68 bits per heavy atom. The summed E-state index contributed by atoms with van der Waals surface area (Å²) >= 11 is 6.21. The number of alkyl halides is 3. The molecule has 9 nitrogen and oxygen atoms in total. The van der Waals surface area contributed by atoms with Crippen molar-refractivity contribution < 1.29 is 47.2 Å². The van der Waals surface area contributed by atoms with Gasteiger partial charge in [0.2, 0.25) is 0 Å². The largest absolute Gasteiger partial charge is 0.547 e. The molecular formula is C24H26ClF3N2O7-2. The lowest BCUT2D eigenvalue weighted by Gasteiger charge is -2.21. The van der Waals surface area contributed by atoms with E-state index in [-0.39, 0.29) is 36.1 Å². The maximum absolute atomic E-state index is 12.5. The summed E-state index contributed by atoms with van der Waals surface area (Å²) in [6.45, 7) is 7.49. The van der Waals surface area contributed by atoms with Crippen LogP contribution in [0.3, 0.4) is 0 Å². The van der Waals surface area contributed by atoms with Gasteiger partial charge in [-0.2, -0.15) is 13.2 Å². The van der Waals surface area contributed by atoms with Gasteiger partial charge in [0.05, 0.1) is 41.0 Å². The summed E-state index contributed by atoms with van der Waals surface area (Å²) in [4.78, 5) is 36.8. The van der Waals surface area contributed by atoms with Crippen LogP contribution >= 0.6 is 11.6 Å². The van der Waals surface area contributed by atoms with Crippen LogP contribution in [0.25, 0.3) is 0 Å². The Hall–Kier alpha value is -3.38. The first-order chi connectivity index (χ1) is 17.1. The third-order valence-corrected chi connectivity index (χ3v) is 4.53. The molecule has 0 bridgehead atoms. The molecule has 0 spiro atoms. The van der Waals surface area contributed by atoms with Crippen LogP contribution in [-0.4, -0.2) is 47.3 Å². The molecule has 1 aromatic heterocycles. The smallest absolute Gasteiger partial charge is 0.430 e. The van der Waals surface area contributed by atoms with Gasteiger partial charge in [-0.1, -0.05) is 11.6 Å². The number of carbonyl (C=O) groups is 3. The average Bonchev–Trinajstić information content (AvgIpc) is 2.76. The van der Waals surface area contributed by atoms with E-state index >= 15 is 0 Å². The number of halogens is 4. The van der Waals surface area contributed by atoms with E-state index in [0.717, 1.165) is 5.56 Å². The molecule has 1 N–H and O–H groups in total. The Balaban J connectivity index is 0.000000856. The van der Waals surface area contributed by atoms with E-state index in [1.165, 1.54) is 0 Å². The van der Waals surface area contributed by atoms with Gasteiger partial charge in [-0.15, -0.1) is 0 Å². The highest BCUT2D eigenvalue weighted by Gasteiger charge is 2.28. The second-order valence-corrected chi connectivity index (χ2v) is 8.54. The highest BCUT2D eigenvalue weighted by Crippen LogP contribution is 2.23. The summed E-state index contributed by atoms with van der Waals surface area (Å²) in [5.41, 5.74) is 1.63. The number of carbonyl (C=O) groups excluding carboxylic acids is 3. The summed E-state index contributed by atoms with van der Waals surface area (Å²) in [5.74, 6) is -4.03. The standard InChI is InChI=1S/C22H27ClN2O5.C2HF3O2/c1-13(2)29-17-5-6-18(19(23)11-17)21(26)25-12-16-9-15(7-8-24-16)10-20(22(27)28)30-14(3)4;3-2(4,5)1(6)7/h5-9,11,13-14,20H,10,12H2,1-4H3,(H,25,26)(H,27,28);(H,6,7)/p-2. The number of hydrogen-bond acceptors (Lipinski definition) is 8. The minimum atomic E-state index is -5.19. The molecule has 1 unspecified atom stereocenters. The number of ether oxygens (including phenoxy) is 2. The van der Waals surface area contributed by atoms with Gasteiger partial charge < -0.3 is 34.6 Å². The van der Waals surface area contributed by atoms with Crippen molar-refractivity contribution in [3.05, 3.63) is 58.4 Å². The SMILES string of the molecule is CC(C)Oc1ccc(C(=O)NCc2cc(CC(OC(C)C)C(=O)[O-])ccn2)c(Cl)c1.O=C([O-])C(F)(F)F. The molecule has 0 saturated heterocycles. The van der Waals surface area contributed by atoms with Gasteiger partial charge in [-0.25, -0.2) is 0 Å². The molecule has 1 heterocycles. The minimum Gasteiger partial charge on any atom is -0.547 e. The van der Waals surface area contributed by atoms with Gasteiger partial charge in [0.25, 0.3) is 5.91 Å². The lowest BCUT2D eigenvalue weighted by Crippen LogP contribution is -2.40. The minimum absolute atomic E-state index is 0.00142. The van der Waals surface area contributed by atoms with Gasteiger partial charge in [0.1, 0.15) is 17.8 Å². The number of nitrogens with one attached hydrogen (secondary N) is 1. The van der Waals surface area contributed by atoms with E-state index < -0.39 is 24.2 Å². The molecule has 0 radical (unpaired) electrons. The Labute approximate surface area is 216 Å². The van der Waals surface area contributed by atoms with Crippen molar-refractivity contribution >= 4 is 29.4 Å². The number of pyridine rings is 1. The van der Waals surface area contributed by atoms with E-state index in [2.05, 4.69) is 10.3 Å². The van der Waals surface area contributed by atoms with Crippen LogP contribution in [0.15, 0.2) is 36.5 Å². The first-order valence-electron chi connectivity index (χ1n) is 10.9. The van der Waals surface area contributed by atoms with Crippen molar-refractivity contribution in [1.29, 1.82) is 0 Å². The molecule has 0 aliphatic carbocycles. The number of benzene rings is 1. The van der Waals surface area contributed by atoms with E-state index in [1.807, 2.05) is 13.8 Å². The Kier molecular flexibility index (Phi) is 12.3. The fraction of sp³-hybridized carbons (Fsp3) is 0.417. The van der Waals surface area contributed by atoms with Crippen LogP contribution in [0.1, 0.15) is 49.3 Å². The third kappa shape index (κ3) is 11.9. The van der Waals surface area contributed by atoms with Crippen LogP contribution in [0.4, 0.5) is 13.2 Å². The van der Waals surface area contributed by atoms with Gasteiger partial charge in [-0.05, 0) is 63.6 Å². The van der Waals surface area contributed by atoms with Crippen LogP contribution < -0.4 is 20.3 Å². The number of aromatic nitrogens is 1. The van der Waals surface area contributed by atoms with Crippen molar-refractivity contribution in [3.8, 4) is 5.75 Å². The Morgan fingerprint density at radius 1 is 1.05 bits per heavy atom. The molecule has 1 atom stereocenters. The predicted octanol–water partition coefficient (Wildman–Crippen LogP) is 1.84. The molecular weight excluding hydrogens is 521 g/mol. The van der Waals surface area contributed by atoms with E-state index in [0.29, 0.717) is 17.0 Å². The number of nitrogens with zero attached hydrogens (tertiary/aromatic N) is 1. The Morgan fingerprint density at radius 3 is 2.16 bits per heavy atom. The summed E-state index contributed by atoms with van der Waals surface area (Å²) < 4.78 is 42.5. The third-order valence-electron chi connectivity index (χ3n) is 4.22. The van der Waals surface area contributed by atoms with Crippen LogP contribution in [0.2, 0.25) is 5.02 Å². The second-order valence-electron chi connectivity index (χ2n) is 8.13. The molecule has 1 amide bonds. The Bertz CT molecular complexity index is 1080. The fourth-order valence-electron chi connectivity index (χ4n) is 2.77. The molecule has 0 saturated carbocycles. The van der Waals surface area contributed by atoms with Crippen LogP contribution in [0, 0.1) is 0 Å². The highest BCUT2D eigenvalue weighted by atomic mass is 35.5. The summed E-state index contributed by atoms with van der Waals surface area (Å²) in [5, 5.41) is 23.1. The van der Waals surface area contributed by atoms with Crippen molar-refractivity contribution in [2.75, 3.05) is 0 Å². The fourth-order valence-corrected chi connectivity index (χ4v) is 3.03. The average molecular weight is 547 g/mol. The molecule has 0 aliphatic rings. The number of amides is 1. The van der Waals surface area contributed by atoms with E-state index in [1.54, 1.807) is 50.4 Å². The molecule has 37 heavy (non-hydrogen) atoms. The van der Waals surface area contributed by atoms with Gasteiger partial charge >= 0.3 is 6.18 Å². The van der Waals surface area contributed by atoms with Crippen LogP contribution in [-0.2, 0) is 27.3 Å². The number of carboxylic acid groups (broad SMARTS) is 2. The van der Waals surface area contributed by atoms with E-state index in [9.17, 15) is 27.9 Å². The van der Waals surface area contributed by atoms with Gasteiger partial charge in [-0.3, -0.25) is 9.78 Å². The van der Waals surface area contributed by atoms with Crippen LogP contribution in [0.5, 0.6) is 5.75 Å². The molecule has 0 aliphatic heterocycles. The maximum atomic E-state index is 12.5. The normalized spacial score (nSPS) is 11.9. The van der Waals surface area contributed by atoms with Gasteiger partial charge in [0, 0.05) is 12.6 Å². The first kappa shape index (κ1) is 31.6. The lowest BCUT2D eigenvalue weighted by molar-refractivity contribution is -0.344. The second kappa shape index (κ2) is 14.4. The zero-order valence-corrected chi connectivity index (χ0v) is 21.2. The quantitative estimate of drug-likeness (QED) is 0.476. The monoisotopic (exact) mass is 546 g/mol. The number of hydrogen-bond donors (Lipinski definition) is 1. The van der Waals surface area contributed by atoms with Crippen molar-refractivity contribution in [3.63, 3.8) is 0 Å². The van der Waals surface area contributed by atoms with Crippen molar-refractivity contribution in [2.24, 2.45) is 0 Å². The highest BCUT2D eigenvalue weighted by molar-refractivity contribution is 6.34. The van der Waals surface area contributed by atoms with Crippen molar-refractivity contribution in [2.45, 2.75) is 65.1 Å². The summed E-state index contributed by atoms with van der Waals surface area (Å²) in [6, 6.07) is 8.32. The van der Waals surface area contributed by atoms with Gasteiger partial charge in [0.15, 0.2) is 0 Å². The first-order valence-corrected chi connectivity index (χ1v) is 11.3. The summed E-state index contributed by atoms with van der Waals surface area (Å²) in [6.07, 6.45) is -4.78. The number of rotatable bonds is 10. The maximum Gasteiger partial charge on any atom is 0.430 e. The topological polar surface area (TPSA) is 141 Å². The number of aliphatic carboxylic acids is 2. The molecule has 204 valence electrons. The zero-order valence-electron chi connectivity index (χ0n) is 20.4. The molecule has 2 aromatic rings.